The Hall–Kier alpha value is -1.74. The molecule has 0 aliphatic heterocycles. The molecule has 1 aromatic carbocycles. The quantitative estimate of drug-likeness (QED) is 0.239. The molecule has 2 rings (SSSR count). The molecule has 0 fully saturated rings. The van der Waals surface area contributed by atoms with E-state index in [-0.39, 0.29) is 24.0 Å². The fourth-order valence-corrected chi connectivity index (χ4v) is 2.29. The topological polar surface area (TPSA) is 68.0 Å². The van der Waals surface area contributed by atoms with Crippen LogP contribution in [-0.2, 0) is 17.9 Å². The monoisotopic (exact) mass is 473 g/mol. The second-order valence-corrected chi connectivity index (χ2v) is 5.42. The Bertz CT molecular complexity index is 633. The number of hydrogen-bond donors (Lipinski definition) is 2. The number of para-hydroxylation sites is 1. The maximum Gasteiger partial charge on any atom is 0.191 e. The zero-order valence-electron chi connectivity index (χ0n) is 15.4. The first kappa shape index (κ1) is 22.3. The summed E-state index contributed by atoms with van der Waals surface area (Å²) in [5, 5.41) is 6.56. The molecular formula is C19H28IN3O3. The third-order valence-electron chi connectivity index (χ3n) is 3.53. The predicted molar refractivity (Wildman–Crippen MR) is 114 cm³/mol. The summed E-state index contributed by atoms with van der Waals surface area (Å²) in [7, 11) is 1.68. The van der Waals surface area contributed by atoms with Crippen molar-refractivity contribution >= 4 is 29.9 Å². The molecule has 1 aromatic heterocycles. The predicted octanol–water partition coefficient (Wildman–Crippen LogP) is 3.57. The molecule has 7 heteroatoms. The minimum Gasteiger partial charge on any atom is -0.496 e. The number of ether oxygens (including phenoxy) is 2. The third-order valence-corrected chi connectivity index (χ3v) is 3.53. The fraction of sp³-hybridized carbons (Fsp3) is 0.421. The lowest BCUT2D eigenvalue weighted by molar-refractivity contribution is 0.105. The summed E-state index contributed by atoms with van der Waals surface area (Å²) in [6.45, 7) is 5.39. The number of aliphatic imine (C=N–C) groups is 1. The molecule has 0 saturated carbocycles. The van der Waals surface area contributed by atoms with Gasteiger partial charge in [-0.15, -0.1) is 24.0 Å². The van der Waals surface area contributed by atoms with Crippen LogP contribution in [0, 0.1) is 0 Å². The molecule has 6 nitrogen and oxygen atoms in total. The van der Waals surface area contributed by atoms with Crippen LogP contribution in [0.3, 0.4) is 0 Å². The SMILES string of the molecule is CCNC(=NCc1ccccc1OC)NCCCOCc1ccco1.I. The molecule has 0 saturated heterocycles. The Kier molecular flexibility index (Phi) is 11.5. The first-order chi connectivity index (χ1) is 12.3. The van der Waals surface area contributed by atoms with E-state index in [1.165, 1.54) is 0 Å². The molecule has 0 radical (unpaired) electrons. The van der Waals surface area contributed by atoms with Gasteiger partial charge in [0.1, 0.15) is 18.1 Å². The van der Waals surface area contributed by atoms with Crippen LogP contribution in [0.15, 0.2) is 52.1 Å². The molecule has 1 heterocycles. The molecule has 2 aromatic rings. The van der Waals surface area contributed by atoms with Crippen molar-refractivity contribution in [2.24, 2.45) is 4.99 Å². The van der Waals surface area contributed by atoms with E-state index in [0.29, 0.717) is 19.8 Å². The van der Waals surface area contributed by atoms with Gasteiger partial charge in [0.25, 0.3) is 0 Å². The number of benzene rings is 1. The Morgan fingerprint density at radius 2 is 2.00 bits per heavy atom. The van der Waals surface area contributed by atoms with Crippen molar-refractivity contribution < 1.29 is 13.9 Å². The normalized spacial score (nSPS) is 10.9. The number of halogens is 1. The van der Waals surface area contributed by atoms with Gasteiger partial charge in [-0.05, 0) is 31.5 Å². The number of hydrogen-bond acceptors (Lipinski definition) is 4. The number of nitrogens with zero attached hydrogens (tertiary/aromatic N) is 1. The van der Waals surface area contributed by atoms with Gasteiger partial charge in [-0.1, -0.05) is 18.2 Å². The maximum absolute atomic E-state index is 5.57. The van der Waals surface area contributed by atoms with Gasteiger partial charge in [0, 0.05) is 25.3 Å². The van der Waals surface area contributed by atoms with E-state index in [4.69, 9.17) is 13.9 Å². The van der Waals surface area contributed by atoms with Crippen molar-refractivity contribution in [3.05, 3.63) is 54.0 Å². The van der Waals surface area contributed by atoms with E-state index < -0.39 is 0 Å². The van der Waals surface area contributed by atoms with Crippen LogP contribution < -0.4 is 15.4 Å². The van der Waals surface area contributed by atoms with Crippen molar-refractivity contribution in [2.45, 2.75) is 26.5 Å². The largest absolute Gasteiger partial charge is 0.496 e. The van der Waals surface area contributed by atoms with E-state index in [1.54, 1.807) is 13.4 Å². The van der Waals surface area contributed by atoms with Gasteiger partial charge in [-0.25, -0.2) is 4.99 Å². The van der Waals surface area contributed by atoms with Crippen molar-refractivity contribution in [2.75, 3.05) is 26.8 Å². The lowest BCUT2D eigenvalue weighted by atomic mass is 10.2. The highest BCUT2D eigenvalue weighted by molar-refractivity contribution is 14.0. The van der Waals surface area contributed by atoms with E-state index >= 15 is 0 Å². The first-order valence-corrected chi connectivity index (χ1v) is 8.57. The van der Waals surface area contributed by atoms with Crippen LogP contribution in [0.2, 0.25) is 0 Å². The average Bonchev–Trinajstić information content (AvgIpc) is 3.16. The van der Waals surface area contributed by atoms with Gasteiger partial charge in [0.05, 0.1) is 19.9 Å². The molecule has 0 unspecified atom stereocenters. The first-order valence-electron chi connectivity index (χ1n) is 8.57. The Morgan fingerprint density at radius 1 is 1.15 bits per heavy atom. The van der Waals surface area contributed by atoms with Crippen LogP contribution in [0.5, 0.6) is 5.75 Å². The number of guanidine groups is 1. The molecule has 26 heavy (non-hydrogen) atoms. The molecule has 0 aliphatic rings. The minimum absolute atomic E-state index is 0. The molecule has 2 N–H and O–H groups in total. The molecule has 144 valence electrons. The van der Waals surface area contributed by atoms with Gasteiger partial charge >= 0.3 is 0 Å². The van der Waals surface area contributed by atoms with Crippen molar-refractivity contribution in [1.82, 2.24) is 10.6 Å². The van der Waals surface area contributed by atoms with Crippen LogP contribution in [0.4, 0.5) is 0 Å². The van der Waals surface area contributed by atoms with Gasteiger partial charge in [0.15, 0.2) is 5.96 Å². The number of rotatable bonds is 10. The highest BCUT2D eigenvalue weighted by Gasteiger charge is 2.02. The summed E-state index contributed by atoms with van der Waals surface area (Å²) in [5.74, 6) is 2.49. The molecule has 0 amide bonds. The molecule has 0 atom stereocenters. The third kappa shape index (κ3) is 8.09. The Morgan fingerprint density at radius 3 is 2.73 bits per heavy atom. The lowest BCUT2D eigenvalue weighted by Gasteiger charge is -2.12. The van der Waals surface area contributed by atoms with Crippen molar-refractivity contribution in [3.63, 3.8) is 0 Å². The maximum atomic E-state index is 5.57. The lowest BCUT2D eigenvalue weighted by Crippen LogP contribution is -2.38. The van der Waals surface area contributed by atoms with Gasteiger partial charge in [0.2, 0.25) is 0 Å². The highest BCUT2D eigenvalue weighted by atomic mass is 127. The summed E-state index contributed by atoms with van der Waals surface area (Å²) in [5.41, 5.74) is 1.06. The Balaban J connectivity index is 0.00000338. The van der Waals surface area contributed by atoms with E-state index in [0.717, 1.165) is 42.5 Å². The number of furan rings is 1. The fourth-order valence-electron chi connectivity index (χ4n) is 2.29. The summed E-state index contributed by atoms with van der Waals surface area (Å²) < 4.78 is 16.2. The van der Waals surface area contributed by atoms with Gasteiger partial charge in [-0.2, -0.15) is 0 Å². The highest BCUT2D eigenvalue weighted by Crippen LogP contribution is 2.17. The van der Waals surface area contributed by atoms with E-state index in [1.807, 2.05) is 43.3 Å². The van der Waals surface area contributed by atoms with E-state index in [2.05, 4.69) is 15.6 Å². The van der Waals surface area contributed by atoms with Gasteiger partial charge in [-0.3, -0.25) is 0 Å². The summed E-state index contributed by atoms with van der Waals surface area (Å²) in [4.78, 5) is 4.61. The van der Waals surface area contributed by atoms with Gasteiger partial charge < -0.3 is 24.5 Å². The van der Waals surface area contributed by atoms with Crippen LogP contribution in [0.25, 0.3) is 0 Å². The van der Waals surface area contributed by atoms with Crippen molar-refractivity contribution in [1.29, 1.82) is 0 Å². The zero-order valence-corrected chi connectivity index (χ0v) is 17.7. The second kappa shape index (κ2) is 13.5. The van der Waals surface area contributed by atoms with Crippen LogP contribution in [0.1, 0.15) is 24.7 Å². The zero-order chi connectivity index (χ0) is 17.7. The minimum atomic E-state index is 0. The number of methoxy groups -OCH3 is 1. The summed E-state index contributed by atoms with van der Waals surface area (Å²) in [6.07, 6.45) is 2.54. The summed E-state index contributed by atoms with van der Waals surface area (Å²) in [6, 6.07) is 11.7. The van der Waals surface area contributed by atoms with E-state index in [9.17, 15) is 0 Å². The van der Waals surface area contributed by atoms with Crippen LogP contribution in [-0.4, -0.2) is 32.8 Å². The second-order valence-electron chi connectivity index (χ2n) is 5.42. The standard InChI is InChI=1S/C19H27N3O3.HI/c1-3-20-19(22-14-16-8-4-5-10-18(16)23-2)21-11-7-12-24-15-17-9-6-13-25-17;/h4-6,8-10,13H,3,7,11-12,14-15H2,1-2H3,(H2,20,21,22);1H. The molecular weight excluding hydrogens is 445 g/mol. The van der Waals surface area contributed by atoms with Crippen LogP contribution >= 0.6 is 24.0 Å². The number of nitrogens with one attached hydrogen (secondary N) is 2. The average molecular weight is 473 g/mol. The Labute approximate surface area is 172 Å². The summed E-state index contributed by atoms with van der Waals surface area (Å²) >= 11 is 0. The molecule has 0 bridgehead atoms. The molecule has 0 aliphatic carbocycles. The molecule has 0 spiro atoms. The van der Waals surface area contributed by atoms with Crippen molar-refractivity contribution in [3.8, 4) is 5.75 Å². The smallest absolute Gasteiger partial charge is 0.191 e.